The Bertz CT molecular complexity index is 2310. The lowest BCUT2D eigenvalue weighted by Crippen LogP contribution is -2.07. The maximum Gasteiger partial charge on any atom is 0.311 e. The van der Waals surface area contributed by atoms with Gasteiger partial charge < -0.3 is 9.47 Å². The molecule has 0 fully saturated rings. The number of nitrogens with zero attached hydrogens (tertiary/aromatic N) is 4. The lowest BCUT2D eigenvalue weighted by atomic mass is 10.1. The van der Waals surface area contributed by atoms with Crippen molar-refractivity contribution >= 4 is 67.1 Å². The van der Waals surface area contributed by atoms with Crippen molar-refractivity contribution in [3.05, 3.63) is 121 Å². The SMILES string of the molecule is C=CCCCCCCCCC(=O)Oc1ccc(N=Nc2ccc(/C=C\c3ccc(N=Nc4ccc(OC(=O)CCCCCCCCC=C)cc4)cc3S(=O)(=O)O)c(S(=O)(=O)O)c2)cc1. The molecule has 0 aromatic heterocycles. The second-order valence-electron chi connectivity index (χ2n) is 15.0. The number of ether oxygens (including phenoxy) is 2. The third-order valence-corrected chi connectivity index (χ3v) is 11.6. The van der Waals surface area contributed by atoms with Crippen molar-refractivity contribution in [1.82, 2.24) is 0 Å². The van der Waals surface area contributed by atoms with E-state index in [1.54, 1.807) is 48.5 Å². The van der Waals surface area contributed by atoms with E-state index in [0.29, 0.717) is 35.7 Å². The summed E-state index contributed by atoms with van der Waals surface area (Å²) < 4.78 is 80.5. The molecule has 64 heavy (non-hydrogen) atoms. The Hall–Kier alpha value is -5.94. The van der Waals surface area contributed by atoms with Crippen molar-refractivity contribution in [1.29, 1.82) is 0 Å². The number of carbonyl (C=O) groups is 2. The van der Waals surface area contributed by atoms with Crippen LogP contribution in [-0.2, 0) is 29.8 Å². The van der Waals surface area contributed by atoms with Gasteiger partial charge in [0.25, 0.3) is 20.2 Å². The van der Waals surface area contributed by atoms with Gasteiger partial charge in [-0.25, -0.2) is 0 Å². The molecule has 2 N–H and O–H groups in total. The van der Waals surface area contributed by atoms with Gasteiger partial charge >= 0.3 is 11.9 Å². The third-order valence-electron chi connectivity index (χ3n) is 9.77. The van der Waals surface area contributed by atoms with E-state index in [2.05, 4.69) is 33.6 Å². The fraction of sp³-hybridized carbons (Fsp3) is 0.333. The van der Waals surface area contributed by atoms with E-state index in [4.69, 9.17) is 9.47 Å². The number of hydrogen-bond acceptors (Lipinski definition) is 12. The summed E-state index contributed by atoms with van der Waals surface area (Å²) in [5.41, 5.74) is 0.899. The predicted molar refractivity (Wildman–Crippen MR) is 248 cm³/mol. The lowest BCUT2D eigenvalue weighted by Gasteiger charge is -2.07. The molecule has 0 unspecified atom stereocenters. The maximum atomic E-state index is 12.4. The van der Waals surface area contributed by atoms with E-state index < -0.39 is 30.0 Å². The van der Waals surface area contributed by atoms with Gasteiger partial charge in [0.05, 0.1) is 22.7 Å². The first-order valence-corrected chi connectivity index (χ1v) is 24.2. The standard InChI is InChI=1S/C48H56N4O10S2/c1-3-5-7-9-11-13-15-17-19-47(53)61-43-31-27-39(28-32-43)49-51-41-25-23-37(45(35-41)63(55,56)57)21-22-38-24-26-42(36-46(38)64(58,59)60)52-50-40-29-33-44(34-30-40)62-48(54)20-18-16-14-12-10-8-6-4-2/h3-4,21-36H,1-2,5-20H2,(H,55,56,57)(H,58,59,60)/b22-21-,51-49?,52-50?. The van der Waals surface area contributed by atoms with Crippen molar-refractivity contribution in [2.75, 3.05) is 0 Å². The van der Waals surface area contributed by atoms with Crippen LogP contribution >= 0.6 is 0 Å². The van der Waals surface area contributed by atoms with Crippen LogP contribution in [0.25, 0.3) is 12.2 Å². The Morgan fingerprint density at radius 3 is 1.12 bits per heavy atom. The molecule has 0 radical (unpaired) electrons. The number of allylic oxidation sites excluding steroid dienone is 2. The first-order chi connectivity index (χ1) is 30.7. The molecule has 0 aliphatic carbocycles. The van der Waals surface area contributed by atoms with E-state index >= 15 is 0 Å². The average Bonchev–Trinajstić information content (AvgIpc) is 3.26. The number of benzene rings is 4. The summed E-state index contributed by atoms with van der Waals surface area (Å²) in [5, 5.41) is 16.4. The second-order valence-corrected chi connectivity index (χ2v) is 17.7. The van der Waals surface area contributed by atoms with Gasteiger partial charge in [-0.2, -0.15) is 37.3 Å². The summed E-state index contributed by atoms with van der Waals surface area (Å²) in [5.74, 6) is 0.0347. The molecule has 0 atom stereocenters. The quantitative estimate of drug-likeness (QED) is 0.0105. The van der Waals surface area contributed by atoms with Crippen LogP contribution in [0.3, 0.4) is 0 Å². The fourth-order valence-electron chi connectivity index (χ4n) is 6.36. The normalized spacial score (nSPS) is 12.0. The molecule has 4 aromatic carbocycles. The average molecular weight is 913 g/mol. The molecule has 0 saturated carbocycles. The van der Waals surface area contributed by atoms with Gasteiger partial charge in [0.1, 0.15) is 21.3 Å². The van der Waals surface area contributed by atoms with Crippen LogP contribution in [0.5, 0.6) is 11.5 Å². The largest absolute Gasteiger partial charge is 0.427 e. The van der Waals surface area contributed by atoms with E-state index in [1.807, 2.05) is 12.2 Å². The molecular formula is C48H56N4O10S2. The minimum Gasteiger partial charge on any atom is -0.427 e. The molecular weight excluding hydrogens is 857 g/mol. The number of rotatable bonds is 28. The number of unbranched alkanes of at least 4 members (excludes halogenated alkanes) is 12. The summed E-state index contributed by atoms with van der Waals surface area (Å²) in [4.78, 5) is 23.5. The van der Waals surface area contributed by atoms with Crippen LogP contribution < -0.4 is 9.47 Å². The molecule has 0 aliphatic rings. The summed E-state index contributed by atoms with van der Waals surface area (Å²) in [6, 6.07) is 20.3. The van der Waals surface area contributed by atoms with Crippen molar-refractivity contribution < 1.29 is 45.0 Å². The minimum absolute atomic E-state index is 0.0131. The molecule has 0 amide bonds. The summed E-state index contributed by atoms with van der Waals surface area (Å²) >= 11 is 0. The molecule has 340 valence electrons. The van der Waals surface area contributed by atoms with Crippen molar-refractivity contribution in [2.24, 2.45) is 20.5 Å². The van der Waals surface area contributed by atoms with Crippen LogP contribution in [-0.4, -0.2) is 37.9 Å². The highest BCUT2D eigenvalue weighted by molar-refractivity contribution is 7.86. The monoisotopic (exact) mass is 912 g/mol. The Kier molecular flexibility index (Phi) is 21.1. The summed E-state index contributed by atoms with van der Waals surface area (Å²) in [6.07, 6.45) is 21.4. The minimum atomic E-state index is -4.80. The van der Waals surface area contributed by atoms with Crippen LogP contribution in [0.2, 0.25) is 0 Å². The lowest BCUT2D eigenvalue weighted by molar-refractivity contribution is -0.135. The maximum absolute atomic E-state index is 12.4. The van der Waals surface area contributed by atoms with E-state index in [0.717, 1.165) is 102 Å². The van der Waals surface area contributed by atoms with Gasteiger partial charge in [0.15, 0.2) is 0 Å². The van der Waals surface area contributed by atoms with Gasteiger partial charge in [-0.1, -0.05) is 87.8 Å². The topological polar surface area (TPSA) is 211 Å². The highest BCUT2D eigenvalue weighted by atomic mass is 32.2. The number of esters is 2. The first-order valence-electron chi connectivity index (χ1n) is 21.3. The van der Waals surface area contributed by atoms with Gasteiger partial charge in [0, 0.05) is 12.8 Å². The van der Waals surface area contributed by atoms with Gasteiger partial charge in [0.2, 0.25) is 0 Å². The smallest absolute Gasteiger partial charge is 0.311 e. The van der Waals surface area contributed by atoms with Crippen molar-refractivity contribution in [2.45, 2.75) is 113 Å². The van der Waals surface area contributed by atoms with Gasteiger partial charge in [-0.3, -0.25) is 18.7 Å². The second kappa shape index (κ2) is 26.6. The zero-order chi connectivity index (χ0) is 46.2. The molecule has 0 spiro atoms. The molecule has 16 heteroatoms. The number of azo groups is 2. The Balaban J connectivity index is 1.35. The third kappa shape index (κ3) is 18.8. The van der Waals surface area contributed by atoms with Gasteiger partial charge in [-0.05, 0) is 122 Å². The number of hydrogen-bond donors (Lipinski definition) is 2. The highest BCUT2D eigenvalue weighted by Gasteiger charge is 2.18. The molecule has 4 aromatic rings. The molecule has 0 bridgehead atoms. The summed E-state index contributed by atoms with van der Waals surface area (Å²) in [7, 11) is -9.60. The Morgan fingerprint density at radius 1 is 0.469 bits per heavy atom. The van der Waals surface area contributed by atoms with Crippen LogP contribution in [0.1, 0.15) is 114 Å². The Labute approximate surface area is 376 Å². The molecule has 0 heterocycles. The molecule has 4 rings (SSSR count). The van der Waals surface area contributed by atoms with E-state index in [9.17, 15) is 35.5 Å². The summed E-state index contributed by atoms with van der Waals surface area (Å²) in [6.45, 7) is 7.45. The zero-order valence-electron chi connectivity index (χ0n) is 35.9. The molecule has 14 nitrogen and oxygen atoms in total. The van der Waals surface area contributed by atoms with Crippen LogP contribution in [0.15, 0.2) is 140 Å². The van der Waals surface area contributed by atoms with Crippen LogP contribution in [0, 0.1) is 0 Å². The zero-order valence-corrected chi connectivity index (χ0v) is 37.5. The predicted octanol–water partition coefficient (Wildman–Crippen LogP) is 13.6. The van der Waals surface area contributed by atoms with E-state index in [-0.39, 0.29) is 34.4 Å². The van der Waals surface area contributed by atoms with Crippen LogP contribution in [0.4, 0.5) is 22.7 Å². The van der Waals surface area contributed by atoms with E-state index in [1.165, 1.54) is 36.4 Å². The van der Waals surface area contributed by atoms with Crippen molar-refractivity contribution in [3.63, 3.8) is 0 Å². The number of carbonyl (C=O) groups excluding carboxylic acids is 2. The van der Waals surface area contributed by atoms with Crippen molar-refractivity contribution in [3.8, 4) is 11.5 Å². The first kappa shape index (κ1) is 50.7. The molecule has 0 saturated heterocycles. The Morgan fingerprint density at radius 2 is 0.781 bits per heavy atom. The van der Waals surface area contributed by atoms with Gasteiger partial charge in [-0.15, -0.1) is 13.2 Å². The fourth-order valence-corrected chi connectivity index (χ4v) is 7.77. The molecule has 0 aliphatic heterocycles. The highest BCUT2D eigenvalue weighted by Crippen LogP contribution is 2.30.